The maximum Gasteiger partial charge on any atom is 0.251 e. The first kappa shape index (κ1) is 27.2. The molecule has 31 heavy (non-hydrogen) atoms. The molecule has 0 aliphatic heterocycles. The Morgan fingerprint density at radius 3 is 1.77 bits per heavy atom. The Labute approximate surface area is 190 Å². The molecule has 1 amide bonds. The molecule has 4 heteroatoms. The van der Waals surface area contributed by atoms with Gasteiger partial charge in [0.2, 0.25) is 0 Å². The Hall–Kier alpha value is -1.86. The third-order valence-corrected chi connectivity index (χ3v) is 5.97. The van der Waals surface area contributed by atoms with Gasteiger partial charge in [0.05, 0.1) is 18.2 Å². The second kappa shape index (κ2) is 18.9. The molecule has 0 bridgehead atoms. The van der Waals surface area contributed by atoms with Gasteiger partial charge < -0.3 is 10.4 Å². The van der Waals surface area contributed by atoms with Gasteiger partial charge in [-0.25, -0.2) is 0 Å². The van der Waals surface area contributed by atoms with E-state index in [-0.39, 0.29) is 12.5 Å². The smallest absolute Gasteiger partial charge is 0.251 e. The molecule has 0 heterocycles. The Balaban J connectivity index is 1.94. The third-order valence-electron chi connectivity index (χ3n) is 5.97. The highest BCUT2D eigenvalue weighted by Crippen LogP contribution is 2.14. The van der Waals surface area contributed by atoms with Gasteiger partial charge in [-0.15, -0.1) is 0 Å². The number of aliphatic hydroxyl groups excluding tert-OH is 1. The average Bonchev–Trinajstić information content (AvgIpc) is 2.80. The molecule has 0 unspecified atom stereocenters. The largest absolute Gasteiger partial charge is 0.392 e. The van der Waals surface area contributed by atoms with Crippen LogP contribution in [0.1, 0.15) is 131 Å². The van der Waals surface area contributed by atoms with Crippen LogP contribution in [0.15, 0.2) is 18.2 Å². The molecule has 0 fully saturated rings. The van der Waals surface area contributed by atoms with Gasteiger partial charge >= 0.3 is 0 Å². The summed E-state index contributed by atoms with van der Waals surface area (Å²) in [5, 5.41) is 21.3. The van der Waals surface area contributed by atoms with Gasteiger partial charge in [0.25, 0.3) is 5.91 Å². The van der Waals surface area contributed by atoms with Gasteiger partial charge in [0, 0.05) is 12.1 Å². The molecular formula is C27H44N2O2. The lowest BCUT2D eigenvalue weighted by Crippen LogP contribution is -2.25. The number of nitrogens with zero attached hydrogens (tertiary/aromatic N) is 1. The number of nitriles is 1. The van der Waals surface area contributed by atoms with E-state index in [2.05, 4.69) is 12.2 Å². The molecule has 0 saturated heterocycles. The zero-order valence-corrected chi connectivity index (χ0v) is 19.8. The van der Waals surface area contributed by atoms with Crippen molar-refractivity contribution in [1.29, 1.82) is 5.26 Å². The van der Waals surface area contributed by atoms with Crippen LogP contribution in [-0.2, 0) is 6.61 Å². The lowest BCUT2D eigenvalue weighted by atomic mass is 10.0. The van der Waals surface area contributed by atoms with E-state index in [0.29, 0.717) is 23.2 Å². The van der Waals surface area contributed by atoms with Gasteiger partial charge in [0.15, 0.2) is 0 Å². The highest BCUT2D eigenvalue weighted by Gasteiger charge is 2.11. The summed E-state index contributed by atoms with van der Waals surface area (Å²) in [5.74, 6) is -0.206. The highest BCUT2D eigenvalue weighted by atomic mass is 16.3. The van der Waals surface area contributed by atoms with E-state index in [1.54, 1.807) is 18.2 Å². The van der Waals surface area contributed by atoms with E-state index in [4.69, 9.17) is 5.26 Å². The van der Waals surface area contributed by atoms with E-state index in [1.165, 1.54) is 89.9 Å². The van der Waals surface area contributed by atoms with Crippen molar-refractivity contribution in [2.75, 3.05) is 6.54 Å². The van der Waals surface area contributed by atoms with E-state index >= 15 is 0 Å². The average molecular weight is 429 g/mol. The Morgan fingerprint density at radius 1 is 0.839 bits per heavy atom. The summed E-state index contributed by atoms with van der Waals surface area (Å²) in [5.41, 5.74) is 1.39. The molecule has 1 rings (SSSR count). The Kier molecular flexibility index (Phi) is 16.5. The fourth-order valence-electron chi connectivity index (χ4n) is 3.97. The monoisotopic (exact) mass is 428 g/mol. The lowest BCUT2D eigenvalue weighted by Gasteiger charge is -2.09. The zero-order chi connectivity index (χ0) is 22.6. The van der Waals surface area contributed by atoms with Crippen LogP contribution < -0.4 is 5.32 Å². The molecule has 174 valence electrons. The molecule has 0 saturated carbocycles. The van der Waals surface area contributed by atoms with Crippen molar-refractivity contribution >= 4 is 5.91 Å². The van der Waals surface area contributed by atoms with Crippen LogP contribution in [0.3, 0.4) is 0 Å². The number of hydrogen-bond donors (Lipinski definition) is 2. The number of amides is 1. The van der Waals surface area contributed by atoms with Crippen molar-refractivity contribution in [3.05, 3.63) is 34.9 Å². The minimum Gasteiger partial charge on any atom is -0.392 e. The van der Waals surface area contributed by atoms with Crippen LogP contribution in [0.5, 0.6) is 0 Å². The maximum absolute atomic E-state index is 12.3. The molecule has 0 aliphatic rings. The third kappa shape index (κ3) is 13.2. The van der Waals surface area contributed by atoms with Crippen LogP contribution in [0.25, 0.3) is 0 Å². The van der Waals surface area contributed by atoms with Gasteiger partial charge in [-0.1, -0.05) is 109 Å². The number of benzene rings is 1. The summed E-state index contributed by atoms with van der Waals surface area (Å²) in [6.45, 7) is 2.71. The van der Waals surface area contributed by atoms with Crippen molar-refractivity contribution in [1.82, 2.24) is 5.32 Å². The van der Waals surface area contributed by atoms with Crippen molar-refractivity contribution in [2.24, 2.45) is 0 Å². The van der Waals surface area contributed by atoms with Crippen LogP contribution in [0, 0.1) is 11.3 Å². The fourth-order valence-corrected chi connectivity index (χ4v) is 3.97. The van der Waals surface area contributed by atoms with E-state index in [9.17, 15) is 9.90 Å². The van der Waals surface area contributed by atoms with Crippen LogP contribution in [0.2, 0.25) is 0 Å². The standard InChI is InChI=1S/C27H44N2O2/c1-2-3-4-5-6-7-8-9-10-11-12-13-14-15-16-17-20-29-27(31)26-21-24(22-28)18-19-25(26)23-30/h18-19,21,30H,2-17,20,23H2,1H3,(H,29,31). The molecular weight excluding hydrogens is 384 g/mol. The molecule has 0 atom stereocenters. The Bertz CT molecular complexity index is 637. The zero-order valence-electron chi connectivity index (χ0n) is 19.8. The number of nitrogens with one attached hydrogen (secondary N) is 1. The molecule has 4 nitrogen and oxygen atoms in total. The second-order valence-corrected chi connectivity index (χ2v) is 8.70. The molecule has 2 N–H and O–H groups in total. The summed E-state index contributed by atoms with van der Waals surface area (Å²) < 4.78 is 0. The van der Waals surface area contributed by atoms with Gasteiger partial charge in [-0.3, -0.25) is 4.79 Å². The molecule has 0 spiro atoms. The van der Waals surface area contributed by atoms with E-state index < -0.39 is 0 Å². The number of hydrogen-bond acceptors (Lipinski definition) is 3. The molecule has 0 aromatic heterocycles. The van der Waals surface area contributed by atoms with Crippen LogP contribution in [0.4, 0.5) is 0 Å². The van der Waals surface area contributed by atoms with Crippen molar-refractivity contribution in [2.45, 2.75) is 116 Å². The highest BCUT2D eigenvalue weighted by molar-refractivity contribution is 5.96. The van der Waals surface area contributed by atoms with Crippen LogP contribution >= 0.6 is 0 Å². The van der Waals surface area contributed by atoms with E-state index in [0.717, 1.165) is 12.8 Å². The first-order valence-electron chi connectivity index (χ1n) is 12.6. The van der Waals surface area contributed by atoms with E-state index in [1.807, 2.05) is 6.07 Å². The quantitative estimate of drug-likeness (QED) is 0.232. The molecule has 0 radical (unpaired) electrons. The summed E-state index contributed by atoms with van der Waals surface area (Å²) in [4.78, 5) is 12.3. The van der Waals surface area contributed by atoms with Gasteiger partial charge in [-0.05, 0) is 24.1 Å². The maximum atomic E-state index is 12.3. The lowest BCUT2D eigenvalue weighted by molar-refractivity contribution is 0.0949. The van der Waals surface area contributed by atoms with Gasteiger partial charge in [-0.2, -0.15) is 5.26 Å². The summed E-state index contributed by atoms with van der Waals surface area (Å²) in [6, 6.07) is 6.85. The predicted octanol–water partition coefficient (Wildman–Crippen LogP) is 7.04. The van der Waals surface area contributed by atoms with Crippen molar-refractivity contribution in [3.63, 3.8) is 0 Å². The summed E-state index contributed by atoms with van der Waals surface area (Å²) in [6.07, 6.45) is 21.3. The number of aliphatic hydroxyl groups is 1. The molecule has 1 aromatic carbocycles. The summed E-state index contributed by atoms with van der Waals surface area (Å²) in [7, 11) is 0. The minimum absolute atomic E-state index is 0.201. The predicted molar refractivity (Wildman–Crippen MR) is 129 cm³/mol. The first-order chi connectivity index (χ1) is 15.2. The molecule has 1 aromatic rings. The number of carbonyl (C=O) groups is 1. The topological polar surface area (TPSA) is 73.1 Å². The summed E-state index contributed by atoms with van der Waals surface area (Å²) >= 11 is 0. The van der Waals surface area contributed by atoms with Crippen molar-refractivity contribution in [3.8, 4) is 6.07 Å². The fraction of sp³-hybridized carbons (Fsp3) is 0.704. The van der Waals surface area contributed by atoms with Crippen molar-refractivity contribution < 1.29 is 9.90 Å². The normalized spacial score (nSPS) is 10.7. The molecule has 0 aliphatic carbocycles. The number of rotatable bonds is 19. The SMILES string of the molecule is CCCCCCCCCCCCCCCCCCNC(=O)c1cc(C#N)ccc1CO. The number of carbonyl (C=O) groups excluding carboxylic acids is 1. The first-order valence-corrected chi connectivity index (χ1v) is 12.6. The minimum atomic E-state index is -0.206. The van der Waals surface area contributed by atoms with Crippen LogP contribution in [-0.4, -0.2) is 17.6 Å². The van der Waals surface area contributed by atoms with Gasteiger partial charge in [0.1, 0.15) is 0 Å². The second-order valence-electron chi connectivity index (χ2n) is 8.70. The Morgan fingerprint density at radius 2 is 1.32 bits per heavy atom. The number of unbranched alkanes of at least 4 members (excludes halogenated alkanes) is 15.